The summed E-state index contributed by atoms with van der Waals surface area (Å²) in [5.41, 5.74) is 8.77. The number of para-hydroxylation sites is 1. The lowest BCUT2D eigenvalue weighted by Gasteiger charge is -2.09. The van der Waals surface area contributed by atoms with Crippen LogP contribution in [0.4, 0.5) is 5.69 Å². The van der Waals surface area contributed by atoms with E-state index in [4.69, 9.17) is 17.3 Å². The van der Waals surface area contributed by atoms with Gasteiger partial charge in [0.2, 0.25) is 0 Å². The van der Waals surface area contributed by atoms with Crippen molar-refractivity contribution < 1.29 is 4.79 Å². The predicted octanol–water partition coefficient (Wildman–Crippen LogP) is 3.16. The van der Waals surface area contributed by atoms with E-state index in [2.05, 4.69) is 5.32 Å². The molecule has 98 valence electrons. The average Bonchev–Trinajstić information content (AvgIpc) is 2.39. The summed E-state index contributed by atoms with van der Waals surface area (Å²) in [6.07, 6.45) is 0. The standard InChI is InChI=1S/C15H15ClN2O/c1-10-4-2-7-13(14(10)17)15(19)18-9-11-5-3-6-12(16)8-11/h2-8H,9,17H2,1H3,(H,18,19). The van der Waals surface area contributed by atoms with Gasteiger partial charge in [0.25, 0.3) is 5.91 Å². The zero-order chi connectivity index (χ0) is 13.8. The Kier molecular flexibility index (Phi) is 4.07. The number of amides is 1. The summed E-state index contributed by atoms with van der Waals surface area (Å²) in [6, 6.07) is 12.8. The average molecular weight is 275 g/mol. The van der Waals surface area contributed by atoms with Gasteiger partial charge in [-0.1, -0.05) is 35.9 Å². The lowest BCUT2D eigenvalue weighted by atomic mass is 10.1. The first kappa shape index (κ1) is 13.4. The number of hydrogen-bond acceptors (Lipinski definition) is 2. The third kappa shape index (κ3) is 3.26. The van der Waals surface area contributed by atoms with E-state index >= 15 is 0 Å². The third-order valence-corrected chi connectivity index (χ3v) is 3.15. The number of hydrogen-bond donors (Lipinski definition) is 2. The quantitative estimate of drug-likeness (QED) is 0.845. The number of nitrogens with one attached hydrogen (secondary N) is 1. The zero-order valence-corrected chi connectivity index (χ0v) is 11.4. The second-order valence-corrected chi connectivity index (χ2v) is 4.79. The second kappa shape index (κ2) is 5.76. The third-order valence-electron chi connectivity index (χ3n) is 2.91. The van der Waals surface area contributed by atoms with Gasteiger partial charge in [-0.05, 0) is 36.2 Å². The second-order valence-electron chi connectivity index (χ2n) is 4.35. The Labute approximate surface area is 117 Å². The van der Waals surface area contributed by atoms with Gasteiger partial charge in [0.15, 0.2) is 0 Å². The van der Waals surface area contributed by atoms with E-state index < -0.39 is 0 Å². The molecule has 2 aromatic rings. The van der Waals surface area contributed by atoms with Gasteiger partial charge >= 0.3 is 0 Å². The van der Waals surface area contributed by atoms with Crippen LogP contribution in [0.25, 0.3) is 0 Å². The van der Waals surface area contributed by atoms with Crippen molar-refractivity contribution in [3.63, 3.8) is 0 Å². The van der Waals surface area contributed by atoms with Crippen molar-refractivity contribution in [1.82, 2.24) is 5.32 Å². The van der Waals surface area contributed by atoms with Gasteiger partial charge in [-0.25, -0.2) is 0 Å². The molecule has 0 aliphatic heterocycles. The van der Waals surface area contributed by atoms with Gasteiger partial charge in [0.05, 0.1) is 5.56 Å². The van der Waals surface area contributed by atoms with E-state index in [1.165, 1.54) is 0 Å². The minimum Gasteiger partial charge on any atom is -0.398 e. The highest BCUT2D eigenvalue weighted by molar-refractivity contribution is 6.30. The van der Waals surface area contributed by atoms with Crippen molar-refractivity contribution in [2.24, 2.45) is 0 Å². The number of anilines is 1. The zero-order valence-electron chi connectivity index (χ0n) is 10.6. The number of rotatable bonds is 3. The Morgan fingerprint density at radius 2 is 2.00 bits per heavy atom. The Bertz CT molecular complexity index is 611. The molecule has 0 radical (unpaired) electrons. The molecule has 0 fully saturated rings. The molecule has 3 N–H and O–H groups in total. The molecular weight excluding hydrogens is 260 g/mol. The molecule has 3 nitrogen and oxygen atoms in total. The molecule has 4 heteroatoms. The molecular formula is C15H15ClN2O. The Morgan fingerprint density at radius 3 is 2.74 bits per heavy atom. The van der Waals surface area contributed by atoms with Gasteiger partial charge in [-0.2, -0.15) is 0 Å². The number of benzene rings is 2. The molecule has 1 amide bonds. The highest BCUT2D eigenvalue weighted by Gasteiger charge is 2.10. The molecule has 0 saturated heterocycles. The van der Waals surface area contributed by atoms with Crippen molar-refractivity contribution >= 4 is 23.2 Å². The molecule has 0 aliphatic carbocycles. The highest BCUT2D eigenvalue weighted by atomic mass is 35.5. The molecule has 0 aliphatic rings. The fourth-order valence-corrected chi connectivity index (χ4v) is 2.02. The van der Waals surface area contributed by atoms with E-state index in [1.807, 2.05) is 37.3 Å². The van der Waals surface area contributed by atoms with Crippen molar-refractivity contribution in [2.75, 3.05) is 5.73 Å². The summed E-state index contributed by atoms with van der Waals surface area (Å²) in [5.74, 6) is -0.179. The van der Waals surface area contributed by atoms with Crippen LogP contribution in [0.2, 0.25) is 5.02 Å². The maximum Gasteiger partial charge on any atom is 0.253 e. The van der Waals surface area contributed by atoms with Crippen LogP contribution in [-0.4, -0.2) is 5.91 Å². The Morgan fingerprint density at radius 1 is 1.26 bits per heavy atom. The maximum absolute atomic E-state index is 12.1. The van der Waals surface area contributed by atoms with Crippen LogP contribution in [0, 0.1) is 6.92 Å². The van der Waals surface area contributed by atoms with E-state index in [9.17, 15) is 4.79 Å². The maximum atomic E-state index is 12.1. The van der Waals surface area contributed by atoms with Crippen LogP contribution in [0.3, 0.4) is 0 Å². The molecule has 0 unspecified atom stereocenters. The van der Waals surface area contributed by atoms with Crippen molar-refractivity contribution in [3.8, 4) is 0 Å². The number of nitrogen functional groups attached to an aromatic ring is 1. The summed E-state index contributed by atoms with van der Waals surface area (Å²) in [6.45, 7) is 2.30. The van der Waals surface area contributed by atoms with E-state index in [0.717, 1.165) is 11.1 Å². The fourth-order valence-electron chi connectivity index (χ4n) is 1.80. The number of aryl methyl sites for hydroxylation is 1. The van der Waals surface area contributed by atoms with Crippen LogP contribution in [0.1, 0.15) is 21.5 Å². The Balaban J connectivity index is 2.08. The normalized spacial score (nSPS) is 10.2. The van der Waals surface area contributed by atoms with Gasteiger partial charge in [-0.15, -0.1) is 0 Å². The lowest BCUT2D eigenvalue weighted by Crippen LogP contribution is -2.24. The largest absolute Gasteiger partial charge is 0.398 e. The van der Waals surface area contributed by atoms with Gasteiger partial charge < -0.3 is 11.1 Å². The van der Waals surface area contributed by atoms with Crippen LogP contribution in [0.15, 0.2) is 42.5 Å². The Hall–Kier alpha value is -2.00. The predicted molar refractivity (Wildman–Crippen MR) is 78.2 cm³/mol. The molecule has 19 heavy (non-hydrogen) atoms. The van der Waals surface area contributed by atoms with E-state index in [-0.39, 0.29) is 5.91 Å². The number of carbonyl (C=O) groups is 1. The van der Waals surface area contributed by atoms with Crippen LogP contribution < -0.4 is 11.1 Å². The van der Waals surface area contributed by atoms with Crippen molar-refractivity contribution in [2.45, 2.75) is 13.5 Å². The highest BCUT2D eigenvalue weighted by Crippen LogP contribution is 2.16. The SMILES string of the molecule is Cc1cccc(C(=O)NCc2cccc(Cl)c2)c1N. The van der Waals surface area contributed by atoms with Gasteiger partial charge in [-0.3, -0.25) is 4.79 Å². The van der Waals surface area contributed by atoms with Crippen LogP contribution in [-0.2, 0) is 6.54 Å². The minimum atomic E-state index is -0.179. The van der Waals surface area contributed by atoms with E-state index in [0.29, 0.717) is 22.8 Å². The first-order chi connectivity index (χ1) is 9.08. The number of halogens is 1. The first-order valence-corrected chi connectivity index (χ1v) is 6.33. The summed E-state index contributed by atoms with van der Waals surface area (Å²) in [5, 5.41) is 3.49. The number of nitrogens with two attached hydrogens (primary N) is 1. The summed E-state index contributed by atoms with van der Waals surface area (Å²) in [7, 11) is 0. The summed E-state index contributed by atoms with van der Waals surface area (Å²) >= 11 is 5.89. The van der Waals surface area contributed by atoms with Crippen molar-refractivity contribution in [3.05, 3.63) is 64.2 Å². The summed E-state index contributed by atoms with van der Waals surface area (Å²) < 4.78 is 0. The summed E-state index contributed by atoms with van der Waals surface area (Å²) in [4.78, 5) is 12.1. The van der Waals surface area contributed by atoms with Crippen molar-refractivity contribution in [1.29, 1.82) is 0 Å². The van der Waals surface area contributed by atoms with Crippen LogP contribution >= 0.6 is 11.6 Å². The fraction of sp³-hybridized carbons (Fsp3) is 0.133. The smallest absolute Gasteiger partial charge is 0.253 e. The van der Waals surface area contributed by atoms with Crippen LogP contribution in [0.5, 0.6) is 0 Å². The minimum absolute atomic E-state index is 0.179. The molecule has 0 aromatic heterocycles. The monoisotopic (exact) mass is 274 g/mol. The molecule has 0 spiro atoms. The molecule has 0 saturated carbocycles. The lowest BCUT2D eigenvalue weighted by molar-refractivity contribution is 0.0951. The number of carbonyl (C=O) groups excluding carboxylic acids is 1. The van der Waals surface area contributed by atoms with E-state index in [1.54, 1.807) is 12.1 Å². The molecule has 2 rings (SSSR count). The van der Waals surface area contributed by atoms with Gasteiger partial charge in [0, 0.05) is 17.3 Å². The molecule has 0 atom stereocenters. The van der Waals surface area contributed by atoms with Gasteiger partial charge in [0.1, 0.15) is 0 Å². The first-order valence-electron chi connectivity index (χ1n) is 5.95. The molecule has 0 heterocycles. The molecule has 0 bridgehead atoms. The molecule has 2 aromatic carbocycles. The topological polar surface area (TPSA) is 55.1 Å².